The number of aromatic nitrogens is 3. The number of halogens is 3. The average Bonchev–Trinajstić information content (AvgIpc) is 3.58. The first-order valence-corrected chi connectivity index (χ1v) is 16.2. The molecule has 1 N–H and O–H groups in total. The molecule has 0 spiro atoms. The molecule has 16 heteroatoms. The van der Waals surface area contributed by atoms with E-state index in [1.165, 1.54) is 47.3 Å². The highest BCUT2D eigenvalue weighted by molar-refractivity contribution is 8.00. The van der Waals surface area contributed by atoms with Crippen molar-refractivity contribution in [1.82, 2.24) is 14.8 Å². The van der Waals surface area contributed by atoms with Crippen LogP contribution in [-0.4, -0.2) is 73.9 Å². The smallest absolute Gasteiger partial charge is 0.345 e. The maximum Gasteiger partial charge on any atom is 0.345 e. The summed E-state index contributed by atoms with van der Waals surface area (Å²) in [5, 5.41) is 21.3. The average molecular weight is 715 g/mol. The Labute approximate surface area is 289 Å². The number of allylic oxidation sites excluding steroid dienone is 2. The highest BCUT2D eigenvalue weighted by atomic mass is 32.2. The first kappa shape index (κ1) is 37.8. The number of esters is 2. The molecule has 50 heavy (non-hydrogen) atoms. The summed E-state index contributed by atoms with van der Waals surface area (Å²) < 4.78 is 67.5. The standard InChI is InChI=1S/C34H33F3N4O8S/c1-21(50-26-16-46-32(47-17-26)6-4-3-5-24-8-7-23(15-38)13-28(24)36)34(18-41-20-39-19-40-41,27-10-9-25(35)14-29(27)37)49-31(43)12-11-30(33(44)45)48-22(2)42/h3-10,13-14,19-21,26,30,32H,11-12,16-18H2,1-2H3,(H,44,45)/b5-3+,6-4+. The quantitative estimate of drug-likeness (QED) is 0.167. The number of benzene rings is 2. The molecule has 3 atom stereocenters. The van der Waals surface area contributed by atoms with Gasteiger partial charge < -0.3 is 24.1 Å². The van der Waals surface area contributed by atoms with Gasteiger partial charge in [-0.05, 0) is 37.3 Å². The summed E-state index contributed by atoms with van der Waals surface area (Å²) in [6, 6.07) is 8.85. The van der Waals surface area contributed by atoms with Gasteiger partial charge in [0.15, 0.2) is 18.0 Å². The van der Waals surface area contributed by atoms with Crippen molar-refractivity contribution in [2.24, 2.45) is 0 Å². The summed E-state index contributed by atoms with van der Waals surface area (Å²) in [6.45, 7) is 2.78. The van der Waals surface area contributed by atoms with Crippen LogP contribution in [0.4, 0.5) is 13.2 Å². The van der Waals surface area contributed by atoms with Gasteiger partial charge in [-0.2, -0.15) is 10.4 Å². The Morgan fingerprint density at radius 3 is 2.54 bits per heavy atom. The lowest BCUT2D eigenvalue weighted by Crippen LogP contribution is -2.47. The molecule has 2 heterocycles. The summed E-state index contributed by atoms with van der Waals surface area (Å²) in [5.74, 6) is -5.64. The van der Waals surface area contributed by atoms with E-state index in [9.17, 15) is 28.3 Å². The Morgan fingerprint density at radius 1 is 1.16 bits per heavy atom. The highest BCUT2D eigenvalue weighted by Gasteiger charge is 2.46. The molecule has 12 nitrogen and oxygen atoms in total. The molecule has 0 amide bonds. The third-order valence-corrected chi connectivity index (χ3v) is 8.92. The van der Waals surface area contributed by atoms with E-state index in [2.05, 4.69) is 10.1 Å². The van der Waals surface area contributed by atoms with Crippen LogP contribution in [0.5, 0.6) is 0 Å². The van der Waals surface area contributed by atoms with Gasteiger partial charge in [0.1, 0.15) is 30.1 Å². The predicted octanol–water partition coefficient (Wildman–Crippen LogP) is 4.94. The summed E-state index contributed by atoms with van der Waals surface area (Å²) in [7, 11) is 0. The van der Waals surface area contributed by atoms with E-state index in [-0.39, 0.29) is 36.1 Å². The van der Waals surface area contributed by atoms with Gasteiger partial charge in [-0.15, -0.1) is 11.8 Å². The highest BCUT2D eigenvalue weighted by Crippen LogP contribution is 2.42. The molecular formula is C34H33F3N4O8S. The van der Waals surface area contributed by atoms with Crippen LogP contribution in [0, 0.1) is 28.8 Å². The molecule has 1 fully saturated rings. The molecule has 1 aliphatic rings. The van der Waals surface area contributed by atoms with Gasteiger partial charge >= 0.3 is 17.9 Å². The normalized spacial score (nSPS) is 18.6. The number of carbonyl (C=O) groups is 3. The van der Waals surface area contributed by atoms with E-state index in [0.717, 1.165) is 25.1 Å². The lowest BCUT2D eigenvalue weighted by molar-refractivity contribution is -0.168. The second-order valence-corrected chi connectivity index (χ2v) is 12.7. The van der Waals surface area contributed by atoms with Crippen molar-refractivity contribution in [1.29, 1.82) is 5.26 Å². The van der Waals surface area contributed by atoms with Gasteiger partial charge in [0, 0.05) is 42.2 Å². The van der Waals surface area contributed by atoms with E-state index in [1.807, 2.05) is 6.07 Å². The maximum absolute atomic E-state index is 15.6. The molecule has 2 aromatic carbocycles. The predicted molar refractivity (Wildman–Crippen MR) is 172 cm³/mol. The van der Waals surface area contributed by atoms with Gasteiger partial charge in [0.2, 0.25) is 0 Å². The van der Waals surface area contributed by atoms with Crippen LogP contribution in [0.2, 0.25) is 0 Å². The molecule has 1 aromatic heterocycles. The summed E-state index contributed by atoms with van der Waals surface area (Å²) >= 11 is 1.25. The minimum atomic E-state index is -1.84. The minimum absolute atomic E-state index is 0.165. The Kier molecular flexibility index (Phi) is 13.3. The van der Waals surface area contributed by atoms with E-state index >= 15 is 4.39 Å². The third-order valence-electron chi connectivity index (χ3n) is 7.47. The van der Waals surface area contributed by atoms with Crippen LogP contribution in [0.15, 0.2) is 67.3 Å². The van der Waals surface area contributed by atoms with Crippen molar-refractivity contribution in [2.45, 2.75) is 61.7 Å². The maximum atomic E-state index is 15.6. The number of nitriles is 1. The Morgan fingerprint density at radius 2 is 1.92 bits per heavy atom. The van der Waals surface area contributed by atoms with Crippen LogP contribution in [0.1, 0.15) is 43.4 Å². The number of thioether (sulfide) groups is 1. The second-order valence-electron chi connectivity index (χ2n) is 11.1. The van der Waals surface area contributed by atoms with Crippen molar-refractivity contribution in [2.75, 3.05) is 13.2 Å². The molecular weight excluding hydrogens is 681 g/mol. The molecule has 3 unspecified atom stereocenters. The fraction of sp³-hybridized carbons (Fsp3) is 0.353. The molecule has 0 aliphatic carbocycles. The van der Waals surface area contributed by atoms with Crippen molar-refractivity contribution in [3.05, 3.63) is 101 Å². The molecule has 1 saturated heterocycles. The fourth-order valence-electron chi connectivity index (χ4n) is 5.06. The molecule has 0 radical (unpaired) electrons. The summed E-state index contributed by atoms with van der Waals surface area (Å²) in [6.07, 6.45) is 5.63. The van der Waals surface area contributed by atoms with Gasteiger partial charge in [-0.25, -0.2) is 27.6 Å². The molecule has 4 rings (SSSR count). The minimum Gasteiger partial charge on any atom is -0.479 e. The second kappa shape index (κ2) is 17.6. The number of carboxylic acids is 1. The van der Waals surface area contributed by atoms with E-state index in [4.69, 9.17) is 24.2 Å². The molecule has 3 aromatic rings. The Bertz CT molecular complexity index is 1760. The van der Waals surface area contributed by atoms with Crippen molar-refractivity contribution in [3.8, 4) is 6.07 Å². The van der Waals surface area contributed by atoms with Crippen LogP contribution in [0.3, 0.4) is 0 Å². The van der Waals surface area contributed by atoms with Gasteiger partial charge in [-0.1, -0.05) is 24.3 Å². The van der Waals surface area contributed by atoms with Crippen LogP contribution >= 0.6 is 11.8 Å². The molecule has 1 aliphatic heterocycles. The monoisotopic (exact) mass is 714 g/mol. The summed E-state index contributed by atoms with van der Waals surface area (Å²) in [5.41, 5.74) is -1.50. The Balaban J connectivity index is 1.50. The van der Waals surface area contributed by atoms with E-state index in [0.29, 0.717) is 11.6 Å². The molecule has 0 bridgehead atoms. The van der Waals surface area contributed by atoms with Crippen molar-refractivity contribution in [3.63, 3.8) is 0 Å². The van der Waals surface area contributed by atoms with Crippen LogP contribution in [0.25, 0.3) is 6.08 Å². The molecule has 0 saturated carbocycles. The number of carboxylic acid groups (broad SMARTS) is 1. The van der Waals surface area contributed by atoms with E-state index < -0.39 is 71.4 Å². The van der Waals surface area contributed by atoms with Gasteiger partial charge in [0.25, 0.3) is 0 Å². The Hall–Kier alpha value is -4.98. The van der Waals surface area contributed by atoms with E-state index in [1.54, 1.807) is 25.2 Å². The zero-order chi connectivity index (χ0) is 36.3. The van der Waals surface area contributed by atoms with Crippen molar-refractivity contribution >= 4 is 35.7 Å². The SMILES string of the molecule is CC(=O)OC(CCC(=O)OC(Cn1cncn1)(c1ccc(F)cc1F)C(C)SC1COC(/C=C/C=C/c2ccc(C#N)cc2F)OC1)C(=O)O. The van der Waals surface area contributed by atoms with Crippen molar-refractivity contribution < 1.29 is 51.6 Å². The first-order chi connectivity index (χ1) is 23.9. The number of nitrogens with zero attached hydrogens (tertiary/aromatic N) is 4. The van der Waals surface area contributed by atoms with Crippen LogP contribution < -0.4 is 0 Å². The lowest BCUT2D eigenvalue weighted by Gasteiger charge is -2.40. The number of rotatable bonds is 15. The number of aliphatic carboxylic acids is 1. The number of hydrogen-bond donors (Lipinski definition) is 1. The third kappa shape index (κ3) is 10.3. The van der Waals surface area contributed by atoms with Crippen LogP contribution in [-0.2, 0) is 45.5 Å². The first-order valence-electron chi connectivity index (χ1n) is 15.2. The summed E-state index contributed by atoms with van der Waals surface area (Å²) in [4.78, 5) is 40.2. The van der Waals surface area contributed by atoms with Gasteiger partial charge in [-0.3, -0.25) is 9.59 Å². The largest absolute Gasteiger partial charge is 0.479 e. The fourth-order valence-corrected chi connectivity index (χ4v) is 6.42. The lowest BCUT2D eigenvalue weighted by atomic mass is 9.89. The number of hydrogen-bond acceptors (Lipinski definition) is 11. The van der Waals surface area contributed by atoms with Gasteiger partial charge in [0.05, 0.1) is 36.6 Å². The molecule has 264 valence electrons. The number of ether oxygens (including phenoxy) is 4. The topological polar surface area (TPSA) is 163 Å². The number of carbonyl (C=O) groups excluding carboxylic acids is 2. The zero-order valence-corrected chi connectivity index (χ0v) is 27.7. The zero-order valence-electron chi connectivity index (χ0n) is 26.9.